The molecule has 0 saturated heterocycles. The Morgan fingerprint density at radius 1 is 1.15 bits per heavy atom. The molecule has 8 nitrogen and oxygen atoms in total. The molecule has 1 unspecified atom stereocenters. The molecule has 1 aliphatic rings. The summed E-state index contributed by atoms with van der Waals surface area (Å²) in [6, 6.07) is 15.2. The standard InChI is InChI=1S/C25H23N5O3/c1-14-4-6-17(7-5-14)13-30-23-20(12-26-30)19(10-15(2)27-23)25(32)28-18-8-9-22-21(11-18)29-24(31)16(3)33-22/h4-12,16H,13H2,1-3H3,(H,28,32)(H,29,31). The van der Waals surface area contributed by atoms with E-state index in [4.69, 9.17) is 4.74 Å². The number of aromatic nitrogens is 3. The first-order valence-corrected chi connectivity index (χ1v) is 10.7. The van der Waals surface area contributed by atoms with Gasteiger partial charge in [-0.3, -0.25) is 9.59 Å². The van der Waals surface area contributed by atoms with Crippen molar-refractivity contribution in [2.24, 2.45) is 0 Å². The normalized spacial score (nSPS) is 15.0. The van der Waals surface area contributed by atoms with Crippen LogP contribution in [0.2, 0.25) is 0 Å². The molecule has 3 heterocycles. The zero-order valence-corrected chi connectivity index (χ0v) is 18.5. The van der Waals surface area contributed by atoms with E-state index in [0.717, 1.165) is 11.3 Å². The van der Waals surface area contributed by atoms with Crippen molar-refractivity contribution in [1.82, 2.24) is 14.8 Å². The molecule has 8 heteroatoms. The summed E-state index contributed by atoms with van der Waals surface area (Å²) in [5, 5.41) is 10.9. The van der Waals surface area contributed by atoms with E-state index in [9.17, 15) is 9.59 Å². The van der Waals surface area contributed by atoms with Crippen molar-refractivity contribution in [2.75, 3.05) is 10.6 Å². The van der Waals surface area contributed by atoms with Crippen molar-refractivity contribution in [3.8, 4) is 5.75 Å². The van der Waals surface area contributed by atoms with Crippen LogP contribution in [0.1, 0.15) is 34.1 Å². The first-order chi connectivity index (χ1) is 15.9. The van der Waals surface area contributed by atoms with Crippen LogP contribution in [0.25, 0.3) is 11.0 Å². The Kier molecular flexibility index (Phi) is 5.05. The molecule has 2 aromatic heterocycles. The molecule has 2 N–H and O–H groups in total. The molecular formula is C25H23N5O3. The number of nitrogens with one attached hydrogen (secondary N) is 2. The van der Waals surface area contributed by atoms with Gasteiger partial charge in [0.15, 0.2) is 11.8 Å². The number of nitrogens with zero attached hydrogens (tertiary/aromatic N) is 3. The molecule has 2 amide bonds. The Hall–Kier alpha value is -4.20. The van der Waals surface area contributed by atoms with Gasteiger partial charge in [-0.2, -0.15) is 5.10 Å². The van der Waals surface area contributed by atoms with Crippen LogP contribution < -0.4 is 15.4 Å². The quantitative estimate of drug-likeness (QED) is 0.498. The third kappa shape index (κ3) is 4.03. The summed E-state index contributed by atoms with van der Waals surface area (Å²) in [6.45, 7) is 6.15. The first kappa shape index (κ1) is 20.7. The minimum Gasteiger partial charge on any atom is -0.479 e. The minimum atomic E-state index is -0.553. The number of pyridine rings is 1. The van der Waals surface area contributed by atoms with Gasteiger partial charge in [-0.15, -0.1) is 0 Å². The molecule has 33 heavy (non-hydrogen) atoms. The van der Waals surface area contributed by atoms with Gasteiger partial charge in [0.05, 0.1) is 29.4 Å². The van der Waals surface area contributed by atoms with E-state index < -0.39 is 6.10 Å². The minimum absolute atomic E-state index is 0.224. The van der Waals surface area contributed by atoms with Crippen LogP contribution >= 0.6 is 0 Å². The number of fused-ring (bicyclic) bond motifs is 2. The van der Waals surface area contributed by atoms with Crippen LogP contribution in [0.4, 0.5) is 11.4 Å². The number of ether oxygens (including phenoxy) is 1. The summed E-state index contributed by atoms with van der Waals surface area (Å²) in [6.07, 6.45) is 1.12. The number of amides is 2. The molecule has 0 radical (unpaired) electrons. The number of aryl methyl sites for hydroxylation is 2. The van der Waals surface area contributed by atoms with Crippen LogP contribution in [-0.2, 0) is 11.3 Å². The Morgan fingerprint density at radius 2 is 1.94 bits per heavy atom. The topological polar surface area (TPSA) is 98.1 Å². The number of anilines is 2. The summed E-state index contributed by atoms with van der Waals surface area (Å²) in [4.78, 5) is 29.7. The second-order valence-electron chi connectivity index (χ2n) is 8.25. The summed E-state index contributed by atoms with van der Waals surface area (Å²) >= 11 is 0. The molecule has 0 fully saturated rings. The molecule has 0 saturated carbocycles. The molecule has 5 rings (SSSR count). The van der Waals surface area contributed by atoms with E-state index >= 15 is 0 Å². The fraction of sp³-hybridized carbons (Fsp3) is 0.200. The third-order valence-electron chi connectivity index (χ3n) is 5.60. The number of rotatable bonds is 4. The predicted octanol–water partition coefficient (Wildman–Crippen LogP) is 4.07. The molecule has 166 valence electrons. The second-order valence-corrected chi connectivity index (χ2v) is 8.25. The van der Waals surface area contributed by atoms with Crippen molar-refractivity contribution in [1.29, 1.82) is 0 Å². The first-order valence-electron chi connectivity index (χ1n) is 10.7. The van der Waals surface area contributed by atoms with Crippen LogP contribution in [0.3, 0.4) is 0 Å². The van der Waals surface area contributed by atoms with Crippen molar-refractivity contribution in [2.45, 2.75) is 33.4 Å². The Labute approximate surface area is 190 Å². The van der Waals surface area contributed by atoms with Crippen molar-refractivity contribution >= 4 is 34.2 Å². The summed E-state index contributed by atoms with van der Waals surface area (Å²) < 4.78 is 7.38. The molecule has 1 aliphatic heterocycles. The number of hydrogen-bond acceptors (Lipinski definition) is 5. The highest BCUT2D eigenvalue weighted by atomic mass is 16.5. The number of carbonyl (C=O) groups excluding carboxylic acids is 2. The average molecular weight is 441 g/mol. The lowest BCUT2D eigenvalue weighted by molar-refractivity contribution is -0.122. The number of benzene rings is 2. The van der Waals surface area contributed by atoms with Gasteiger partial charge in [0.25, 0.3) is 11.8 Å². The van der Waals surface area contributed by atoms with Crippen LogP contribution in [0.5, 0.6) is 5.75 Å². The Bertz CT molecular complexity index is 1390. The van der Waals surface area contributed by atoms with Gasteiger partial charge in [0.2, 0.25) is 0 Å². The summed E-state index contributed by atoms with van der Waals surface area (Å²) in [5.41, 5.74) is 5.23. The van der Waals surface area contributed by atoms with Gasteiger partial charge in [-0.05, 0) is 50.6 Å². The van der Waals surface area contributed by atoms with Crippen molar-refractivity contribution in [3.05, 3.63) is 77.1 Å². The van der Waals surface area contributed by atoms with Gasteiger partial charge in [-0.1, -0.05) is 29.8 Å². The Balaban J connectivity index is 1.43. The van der Waals surface area contributed by atoms with Gasteiger partial charge in [0.1, 0.15) is 5.75 Å². The zero-order valence-electron chi connectivity index (χ0n) is 18.5. The SMILES string of the molecule is Cc1ccc(Cn2ncc3c(C(=O)Nc4ccc5c(c4)NC(=O)C(C)O5)cc(C)nc32)cc1. The van der Waals surface area contributed by atoms with Gasteiger partial charge >= 0.3 is 0 Å². The highest BCUT2D eigenvalue weighted by molar-refractivity contribution is 6.12. The Morgan fingerprint density at radius 3 is 2.73 bits per heavy atom. The van der Waals surface area contributed by atoms with Crippen LogP contribution in [0.15, 0.2) is 54.7 Å². The molecule has 4 aromatic rings. The van der Waals surface area contributed by atoms with E-state index in [1.807, 2.05) is 13.8 Å². The highest BCUT2D eigenvalue weighted by Gasteiger charge is 2.24. The van der Waals surface area contributed by atoms with Gasteiger partial charge in [-0.25, -0.2) is 9.67 Å². The zero-order chi connectivity index (χ0) is 23.1. The molecule has 1 atom stereocenters. The molecule has 2 aromatic carbocycles. The third-order valence-corrected chi connectivity index (χ3v) is 5.60. The fourth-order valence-electron chi connectivity index (χ4n) is 3.83. The van der Waals surface area contributed by atoms with Gasteiger partial charge < -0.3 is 15.4 Å². The number of hydrogen-bond donors (Lipinski definition) is 2. The van der Waals surface area contributed by atoms with Crippen molar-refractivity contribution in [3.63, 3.8) is 0 Å². The maximum absolute atomic E-state index is 13.2. The number of carbonyl (C=O) groups is 2. The average Bonchev–Trinajstić information content (AvgIpc) is 3.18. The molecular weight excluding hydrogens is 418 g/mol. The highest BCUT2D eigenvalue weighted by Crippen LogP contribution is 2.32. The summed E-state index contributed by atoms with van der Waals surface area (Å²) in [5.74, 6) is 0.0646. The van der Waals surface area contributed by atoms with Crippen LogP contribution in [-0.4, -0.2) is 32.7 Å². The summed E-state index contributed by atoms with van der Waals surface area (Å²) in [7, 11) is 0. The molecule has 0 aliphatic carbocycles. The van der Waals surface area contributed by atoms with E-state index in [-0.39, 0.29) is 11.8 Å². The monoisotopic (exact) mass is 441 g/mol. The lowest BCUT2D eigenvalue weighted by atomic mass is 10.1. The maximum atomic E-state index is 13.2. The molecule has 0 bridgehead atoms. The van der Waals surface area contributed by atoms with Crippen LogP contribution in [0, 0.1) is 13.8 Å². The fourth-order valence-corrected chi connectivity index (χ4v) is 3.83. The van der Waals surface area contributed by atoms with Gasteiger partial charge in [0, 0.05) is 11.4 Å². The van der Waals surface area contributed by atoms with E-state index in [0.29, 0.717) is 40.3 Å². The van der Waals surface area contributed by atoms with E-state index in [1.165, 1.54) is 5.56 Å². The van der Waals surface area contributed by atoms with E-state index in [1.54, 1.807) is 42.1 Å². The lowest BCUT2D eigenvalue weighted by Crippen LogP contribution is -2.34. The smallest absolute Gasteiger partial charge is 0.265 e. The largest absolute Gasteiger partial charge is 0.479 e. The van der Waals surface area contributed by atoms with Crippen molar-refractivity contribution < 1.29 is 14.3 Å². The lowest BCUT2D eigenvalue weighted by Gasteiger charge is -2.23. The van der Waals surface area contributed by atoms with E-state index in [2.05, 4.69) is 45.0 Å². The molecule has 0 spiro atoms. The maximum Gasteiger partial charge on any atom is 0.265 e. The second kappa shape index (κ2) is 8.05. The predicted molar refractivity (Wildman–Crippen MR) is 126 cm³/mol.